The molecule has 0 spiro atoms. The molecule has 3 aromatic rings. The van der Waals surface area contributed by atoms with Gasteiger partial charge in [0.1, 0.15) is 6.17 Å². The van der Waals surface area contributed by atoms with Gasteiger partial charge in [0.05, 0.1) is 0 Å². The minimum Gasteiger partial charge on any atom is -0.339 e. The Morgan fingerprint density at radius 2 is 1.67 bits per heavy atom. The summed E-state index contributed by atoms with van der Waals surface area (Å²) in [5.41, 5.74) is 3.39. The first kappa shape index (κ1) is 22.6. The number of anilines is 1. The standard InChI is InChI=1S/C22H20Cl3N3OS/c1-13-10-11-14(2)18(12-13)26-21(30)28-20(22(23,24)25)27-19(29)17-9-5-7-15-6-3-4-8-16(15)17/h3-12,20H,1-2H3,(H,27,29)(H2,26,28,30)/t20-/m0/s1. The first-order valence-electron chi connectivity index (χ1n) is 9.15. The second kappa shape index (κ2) is 9.40. The third kappa shape index (κ3) is 5.55. The van der Waals surface area contributed by atoms with Gasteiger partial charge in [-0.1, -0.05) is 83.3 Å². The first-order valence-corrected chi connectivity index (χ1v) is 10.7. The smallest absolute Gasteiger partial charge is 0.253 e. The number of hydrogen-bond donors (Lipinski definition) is 3. The molecule has 0 heterocycles. The highest BCUT2D eigenvalue weighted by Gasteiger charge is 2.35. The molecule has 0 aliphatic heterocycles. The molecule has 3 rings (SSSR count). The summed E-state index contributed by atoms with van der Waals surface area (Å²) in [6.45, 7) is 3.94. The van der Waals surface area contributed by atoms with E-state index in [0.717, 1.165) is 27.6 Å². The normalized spacial score (nSPS) is 12.3. The fourth-order valence-corrected chi connectivity index (χ4v) is 3.55. The van der Waals surface area contributed by atoms with Crippen LogP contribution < -0.4 is 16.0 Å². The zero-order valence-corrected chi connectivity index (χ0v) is 19.4. The van der Waals surface area contributed by atoms with E-state index in [9.17, 15) is 4.79 Å². The van der Waals surface area contributed by atoms with Crippen LogP contribution in [0.15, 0.2) is 60.7 Å². The minimum atomic E-state index is -1.84. The van der Waals surface area contributed by atoms with Gasteiger partial charge in [0.25, 0.3) is 5.91 Å². The number of benzene rings is 3. The molecule has 8 heteroatoms. The van der Waals surface area contributed by atoms with Crippen molar-refractivity contribution in [3.05, 3.63) is 77.4 Å². The molecule has 0 saturated heterocycles. The minimum absolute atomic E-state index is 0.221. The van der Waals surface area contributed by atoms with Crippen LogP contribution in [0.25, 0.3) is 10.8 Å². The summed E-state index contributed by atoms with van der Waals surface area (Å²) in [6.07, 6.45) is -1.06. The molecule has 0 saturated carbocycles. The highest BCUT2D eigenvalue weighted by atomic mass is 35.6. The van der Waals surface area contributed by atoms with Gasteiger partial charge in [0.2, 0.25) is 3.79 Å². The van der Waals surface area contributed by atoms with Gasteiger partial charge in [-0.05, 0) is 60.1 Å². The molecule has 0 bridgehead atoms. The summed E-state index contributed by atoms with van der Waals surface area (Å²) in [7, 11) is 0. The Kier molecular flexibility index (Phi) is 7.09. The lowest BCUT2D eigenvalue weighted by Crippen LogP contribution is -2.56. The van der Waals surface area contributed by atoms with Gasteiger partial charge in [0, 0.05) is 11.3 Å². The van der Waals surface area contributed by atoms with Crippen molar-refractivity contribution >= 4 is 74.5 Å². The zero-order valence-electron chi connectivity index (χ0n) is 16.3. The van der Waals surface area contributed by atoms with E-state index in [2.05, 4.69) is 16.0 Å². The topological polar surface area (TPSA) is 53.2 Å². The molecule has 4 nitrogen and oxygen atoms in total. The Balaban J connectivity index is 1.78. The van der Waals surface area contributed by atoms with Crippen molar-refractivity contribution in [2.45, 2.75) is 23.8 Å². The molecule has 156 valence electrons. The van der Waals surface area contributed by atoms with Crippen molar-refractivity contribution in [1.29, 1.82) is 0 Å². The van der Waals surface area contributed by atoms with Crippen LogP contribution in [0.1, 0.15) is 21.5 Å². The predicted octanol–water partition coefficient (Wildman–Crippen LogP) is 5.87. The number of alkyl halides is 3. The lowest BCUT2D eigenvalue weighted by molar-refractivity contribution is 0.0936. The average molecular weight is 481 g/mol. The summed E-state index contributed by atoms with van der Waals surface area (Å²) >= 11 is 23.7. The Morgan fingerprint density at radius 1 is 0.967 bits per heavy atom. The Hall–Kier alpha value is -2.05. The maximum absolute atomic E-state index is 13.0. The number of halogens is 3. The lowest BCUT2D eigenvalue weighted by Gasteiger charge is -2.28. The monoisotopic (exact) mass is 479 g/mol. The Morgan fingerprint density at radius 3 is 2.40 bits per heavy atom. The summed E-state index contributed by atoms with van der Waals surface area (Å²) < 4.78 is -1.84. The van der Waals surface area contributed by atoms with Gasteiger partial charge in [-0.25, -0.2) is 0 Å². The number of carbonyl (C=O) groups excluding carboxylic acids is 1. The van der Waals surface area contributed by atoms with Crippen molar-refractivity contribution in [3.8, 4) is 0 Å². The largest absolute Gasteiger partial charge is 0.339 e. The van der Waals surface area contributed by atoms with Crippen molar-refractivity contribution in [2.24, 2.45) is 0 Å². The molecule has 1 atom stereocenters. The van der Waals surface area contributed by atoms with Gasteiger partial charge >= 0.3 is 0 Å². The number of nitrogens with one attached hydrogen (secondary N) is 3. The molecular formula is C22H20Cl3N3OS. The van der Waals surface area contributed by atoms with Crippen LogP contribution in [0.2, 0.25) is 0 Å². The van der Waals surface area contributed by atoms with Crippen LogP contribution in [-0.4, -0.2) is 21.0 Å². The van der Waals surface area contributed by atoms with E-state index in [1.807, 2.05) is 68.4 Å². The maximum Gasteiger partial charge on any atom is 0.253 e. The van der Waals surface area contributed by atoms with Crippen molar-refractivity contribution < 1.29 is 4.79 Å². The maximum atomic E-state index is 13.0. The second-order valence-electron chi connectivity index (χ2n) is 6.89. The van der Waals surface area contributed by atoms with E-state index in [0.29, 0.717) is 5.56 Å². The molecule has 0 aromatic heterocycles. The van der Waals surface area contributed by atoms with Gasteiger partial charge < -0.3 is 16.0 Å². The van der Waals surface area contributed by atoms with E-state index >= 15 is 0 Å². The molecule has 3 N–H and O–H groups in total. The van der Waals surface area contributed by atoms with Gasteiger partial charge in [-0.3, -0.25) is 4.79 Å². The summed E-state index contributed by atoms with van der Waals surface area (Å²) in [6, 6.07) is 19.0. The third-order valence-electron chi connectivity index (χ3n) is 4.55. The highest BCUT2D eigenvalue weighted by molar-refractivity contribution is 7.80. The summed E-state index contributed by atoms with van der Waals surface area (Å²) in [4.78, 5) is 13.0. The number of hydrogen-bond acceptors (Lipinski definition) is 2. The van der Waals surface area contributed by atoms with Crippen LogP contribution >= 0.6 is 47.0 Å². The molecule has 0 fully saturated rings. The van der Waals surface area contributed by atoms with Crippen LogP contribution in [0, 0.1) is 13.8 Å². The fraction of sp³-hybridized carbons (Fsp3) is 0.182. The Labute approximate surface area is 195 Å². The quantitative estimate of drug-likeness (QED) is 0.248. The summed E-state index contributed by atoms with van der Waals surface area (Å²) in [5.74, 6) is -0.384. The predicted molar refractivity (Wildman–Crippen MR) is 131 cm³/mol. The van der Waals surface area contributed by atoms with Crippen LogP contribution in [-0.2, 0) is 0 Å². The molecule has 3 aromatic carbocycles. The van der Waals surface area contributed by atoms with Crippen LogP contribution in [0.3, 0.4) is 0 Å². The van der Waals surface area contributed by atoms with E-state index in [1.54, 1.807) is 6.07 Å². The number of rotatable bonds is 4. The van der Waals surface area contributed by atoms with Gasteiger partial charge in [-0.15, -0.1) is 0 Å². The van der Waals surface area contributed by atoms with Crippen molar-refractivity contribution in [3.63, 3.8) is 0 Å². The molecule has 0 aliphatic carbocycles. The first-order chi connectivity index (χ1) is 14.1. The number of fused-ring (bicyclic) bond motifs is 1. The molecule has 0 unspecified atom stereocenters. The van der Waals surface area contributed by atoms with E-state index < -0.39 is 9.96 Å². The zero-order chi connectivity index (χ0) is 21.9. The second-order valence-corrected chi connectivity index (χ2v) is 9.67. The lowest BCUT2D eigenvalue weighted by atomic mass is 10.0. The SMILES string of the molecule is Cc1ccc(C)c(NC(=S)N[C@H](NC(=O)c2cccc3ccccc23)C(Cl)(Cl)Cl)c1. The van der Waals surface area contributed by atoms with Crippen molar-refractivity contribution in [2.75, 3.05) is 5.32 Å². The van der Waals surface area contributed by atoms with Gasteiger partial charge in [-0.2, -0.15) is 0 Å². The van der Waals surface area contributed by atoms with Crippen LogP contribution in [0.5, 0.6) is 0 Å². The number of thiocarbonyl (C=S) groups is 1. The summed E-state index contributed by atoms with van der Waals surface area (Å²) in [5, 5.41) is 10.7. The third-order valence-corrected chi connectivity index (χ3v) is 5.43. The molecule has 0 radical (unpaired) electrons. The molecular weight excluding hydrogens is 461 g/mol. The van der Waals surface area contributed by atoms with Crippen molar-refractivity contribution in [1.82, 2.24) is 10.6 Å². The molecule has 0 aliphatic rings. The average Bonchev–Trinajstić information content (AvgIpc) is 2.69. The Bertz CT molecular complexity index is 1090. The number of carbonyl (C=O) groups is 1. The molecule has 30 heavy (non-hydrogen) atoms. The fourth-order valence-electron chi connectivity index (χ4n) is 2.99. The van der Waals surface area contributed by atoms with E-state index in [4.69, 9.17) is 47.0 Å². The highest BCUT2D eigenvalue weighted by Crippen LogP contribution is 2.30. The molecule has 1 amide bonds. The van der Waals surface area contributed by atoms with Crippen LogP contribution in [0.4, 0.5) is 5.69 Å². The van der Waals surface area contributed by atoms with Gasteiger partial charge in [0.15, 0.2) is 5.11 Å². The number of aryl methyl sites for hydroxylation is 2. The number of amides is 1. The van der Waals surface area contributed by atoms with E-state index in [-0.39, 0.29) is 11.0 Å². The van der Waals surface area contributed by atoms with E-state index in [1.165, 1.54) is 0 Å².